The fourth-order valence-corrected chi connectivity index (χ4v) is 3.99. The summed E-state index contributed by atoms with van der Waals surface area (Å²) in [5.41, 5.74) is 0. The molecule has 1 saturated carbocycles. The second kappa shape index (κ2) is 7.64. The molecule has 0 aromatic carbocycles. The molecule has 0 spiro atoms. The second-order valence-electron chi connectivity index (χ2n) is 7.37. The predicted octanol–water partition coefficient (Wildman–Crippen LogP) is 3.62. The van der Waals surface area contributed by atoms with Gasteiger partial charge in [-0.2, -0.15) is 0 Å². The highest BCUT2D eigenvalue weighted by Gasteiger charge is 2.24. The van der Waals surface area contributed by atoms with E-state index < -0.39 is 0 Å². The molecule has 0 N–H and O–H groups in total. The highest BCUT2D eigenvalue weighted by molar-refractivity contribution is 4.80. The van der Waals surface area contributed by atoms with E-state index in [4.69, 9.17) is 0 Å². The van der Waals surface area contributed by atoms with Crippen molar-refractivity contribution in [1.29, 1.82) is 0 Å². The van der Waals surface area contributed by atoms with Crippen LogP contribution in [-0.4, -0.2) is 49.1 Å². The summed E-state index contributed by atoms with van der Waals surface area (Å²) in [5.74, 6) is 1.81. The van der Waals surface area contributed by atoms with Gasteiger partial charge in [0.25, 0.3) is 0 Å². The van der Waals surface area contributed by atoms with Crippen LogP contribution in [0.4, 0.5) is 0 Å². The van der Waals surface area contributed by atoms with Gasteiger partial charge in [-0.25, -0.2) is 0 Å². The van der Waals surface area contributed by atoms with E-state index in [1.54, 1.807) is 0 Å². The van der Waals surface area contributed by atoms with Crippen molar-refractivity contribution < 1.29 is 0 Å². The molecule has 2 nitrogen and oxygen atoms in total. The van der Waals surface area contributed by atoms with Gasteiger partial charge in [-0.05, 0) is 57.7 Å². The summed E-state index contributed by atoms with van der Waals surface area (Å²) >= 11 is 0. The lowest BCUT2D eigenvalue weighted by Gasteiger charge is -2.39. The number of hydrogen-bond acceptors (Lipinski definition) is 2. The summed E-state index contributed by atoms with van der Waals surface area (Å²) in [7, 11) is 2.37. The molecule has 0 aromatic heterocycles. The Bertz CT molecular complexity index is 238. The van der Waals surface area contributed by atoms with Crippen LogP contribution in [0.15, 0.2) is 0 Å². The van der Waals surface area contributed by atoms with E-state index in [-0.39, 0.29) is 0 Å². The molecule has 112 valence electrons. The average Bonchev–Trinajstić information content (AvgIpc) is 2.40. The maximum atomic E-state index is 2.68. The summed E-state index contributed by atoms with van der Waals surface area (Å²) in [4.78, 5) is 5.35. The zero-order chi connectivity index (χ0) is 13.7. The van der Waals surface area contributed by atoms with Crippen LogP contribution in [0.3, 0.4) is 0 Å². The summed E-state index contributed by atoms with van der Waals surface area (Å²) in [6.07, 6.45) is 10.2. The lowest BCUT2D eigenvalue weighted by atomic mass is 9.88. The third kappa shape index (κ3) is 5.07. The monoisotopic (exact) mass is 266 g/mol. The fraction of sp³-hybridized carbons (Fsp3) is 1.00. The molecule has 19 heavy (non-hydrogen) atoms. The van der Waals surface area contributed by atoms with Gasteiger partial charge in [-0.3, -0.25) is 0 Å². The number of nitrogens with zero attached hydrogens (tertiary/aromatic N) is 2. The highest BCUT2D eigenvalue weighted by Crippen LogP contribution is 2.26. The smallest absolute Gasteiger partial charge is 0.0117 e. The minimum Gasteiger partial charge on any atom is -0.303 e. The molecule has 1 aliphatic carbocycles. The van der Waals surface area contributed by atoms with Gasteiger partial charge < -0.3 is 9.80 Å². The Morgan fingerprint density at radius 3 is 2.21 bits per heavy atom. The van der Waals surface area contributed by atoms with E-state index in [1.807, 2.05) is 0 Å². The molecule has 1 heterocycles. The number of piperidine rings is 1. The molecule has 2 aliphatic rings. The SMILES string of the molecule is CC(C)CN1CCC(N(C)CC2CCCCC2)CC1. The molecule has 2 fully saturated rings. The average molecular weight is 266 g/mol. The molecule has 2 rings (SSSR count). The normalized spacial score (nSPS) is 24.5. The molecule has 1 aliphatic heterocycles. The van der Waals surface area contributed by atoms with Gasteiger partial charge in [-0.15, -0.1) is 0 Å². The van der Waals surface area contributed by atoms with Gasteiger partial charge in [0.1, 0.15) is 0 Å². The number of rotatable bonds is 5. The van der Waals surface area contributed by atoms with Crippen LogP contribution < -0.4 is 0 Å². The van der Waals surface area contributed by atoms with Crippen molar-refractivity contribution in [2.75, 3.05) is 33.2 Å². The molecule has 1 saturated heterocycles. The molecular weight excluding hydrogens is 232 g/mol. The Balaban J connectivity index is 1.68. The summed E-state index contributed by atoms with van der Waals surface area (Å²) in [6, 6.07) is 0.852. The molecule has 0 amide bonds. The summed E-state index contributed by atoms with van der Waals surface area (Å²) in [5, 5.41) is 0. The van der Waals surface area contributed by atoms with Crippen molar-refractivity contribution in [3.63, 3.8) is 0 Å². The van der Waals surface area contributed by atoms with E-state index >= 15 is 0 Å². The molecule has 0 unspecified atom stereocenters. The lowest BCUT2D eigenvalue weighted by molar-refractivity contribution is 0.102. The zero-order valence-corrected chi connectivity index (χ0v) is 13.4. The molecule has 0 atom stereocenters. The highest BCUT2D eigenvalue weighted by atomic mass is 15.2. The van der Waals surface area contributed by atoms with Crippen LogP contribution in [-0.2, 0) is 0 Å². The summed E-state index contributed by atoms with van der Waals surface area (Å²) in [6.45, 7) is 9.95. The minimum absolute atomic E-state index is 0.816. The Morgan fingerprint density at radius 2 is 1.63 bits per heavy atom. The number of likely N-dealkylation sites (tertiary alicyclic amines) is 1. The molecule has 0 aromatic rings. The molecule has 2 heteroatoms. The van der Waals surface area contributed by atoms with Crippen LogP contribution >= 0.6 is 0 Å². The third-order valence-corrected chi connectivity index (χ3v) is 5.07. The van der Waals surface area contributed by atoms with Crippen LogP contribution in [0, 0.1) is 11.8 Å². The van der Waals surface area contributed by atoms with Gasteiger partial charge in [0.15, 0.2) is 0 Å². The second-order valence-corrected chi connectivity index (χ2v) is 7.37. The maximum absolute atomic E-state index is 2.68. The first kappa shape index (κ1) is 15.3. The largest absolute Gasteiger partial charge is 0.303 e. The lowest BCUT2D eigenvalue weighted by Crippen LogP contribution is -2.45. The maximum Gasteiger partial charge on any atom is 0.0117 e. The zero-order valence-electron chi connectivity index (χ0n) is 13.4. The fourth-order valence-electron chi connectivity index (χ4n) is 3.99. The number of hydrogen-bond donors (Lipinski definition) is 0. The first-order valence-corrected chi connectivity index (χ1v) is 8.57. The first-order chi connectivity index (χ1) is 9.15. The van der Waals surface area contributed by atoms with Gasteiger partial charge in [0.05, 0.1) is 0 Å². The van der Waals surface area contributed by atoms with Crippen molar-refractivity contribution in [3.8, 4) is 0 Å². The van der Waals surface area contributed by atoms with E-state index in [1.165, 1.54) is 71.1 Å². The standard InChI is InChI=1S/C17H34N2/c1-15(2)13-19-11-9-17(10-12-19)18(3)14-16-7-5-4-6-8-16/h15-17H,4-14H2,1-3H3. The van der Waals surface area contributed by atoms with Crippen LogP contribution in [0.5, 0.6) is 0 Å². The van der Waals surface area contributed by atoms with Gasteiger partial charge in [-0.1, -0.05) is 33.1 Å². The van der Waals surface area contributed by atoms with Crippen LogP contribution in [0.2, 0.25) is 0 Å². The van der Waals surface area contributed by atoms with Gasteiger partial charge in [0.2, 0.25) is 0 Å². The Kier molecular flexibility index (Phi) is 6.15. The van der Waals surface area contributed by atoms with E-state index in [0.717, 1.165) is 17.9 Å². The first-order valence-electron chi connectivity index (χ1n) is 8.57. The molecular formula is C17H34N2. The van der Waals surface area contributed by atoms with Crippen LogP contribution in [0.25, 0.3) is 0 Å². The van der Waals surface area contributed by atoms with Crippen molar-refractivity contribution in [1.82, 2.24) is 9.80 Å². The molecule has 0 bridgehead atoms. The topological polar surface area (TPSA) is 6.48 Å². The van der Waals surface area contributed by atoms with Gasteiger partial charge in [0, 0.05) is 19.1 Å². The van der Waals surface area contributed by atoms with Crippen molar-refractivity contribution in [2.24, 2.45) is 11.8 Å². The van der Waals surface area contributed by atoms with E-state index in [9.17, 15) is 0 Å². The Labute approximate surface area is 120 Å². The van der Waals surface area contributed by atoms with Crippen molar-refractivity contribution >= 4 is 0 Å². The Hall–Kier alpha value is -0.0800. The van der Waals surface area contributed by atoms with Crippen LogP contribution in [0.1, 0.15) is 58.8 Å². The van der Waals surface area contributed by atoms with E-state index in [0.29, 0.717) is 0 Å². The predicted molar refractivity (Wildman–Crippen MR) is 83.5 cm³/mol. The van der Waals surface area contributed by atoms with Gasteiger partial charge >= 0.3 is 0 Å². The van der Waals surface area contributed by atoms with Crippen molar-refractivity contribution in [2.45, 2.75) is 64.8 Å². The minimum atomic E-state index is 0.816. The summed E-state index contributed by atoms with van der Waals surface area (Å²) < 4.78 is 0. The third-order valence-electron chi connectivity index (χ3n) is 5.07. The van der Waals surface area contributed by atoms with Crippen molar-refractivity contribution in [3.05, 3.63) is 0 Å². The molecule has 0 radical (unpaired) electrons. The van der Waals surface area contributed by atoms with E-state index in [2.05, 4.69) is 30.7 Å². The quantitative estimate of drug-likeness (QED) is 0.750. The Morgan fingerprint density at radius 1 is 1.00 bits per heavy atom.